The van der Waals surface area contributed by atoms with Crippen LogP contribution in [0, 0.1) is 5.92 Å². The SMILES string of the molecule is CCNC(CCOCC1CCCC1)C(=O)OCC. The maximum Gasteiger partial charge on any atom is 0.323 e. The van der Waals surface area contributed by atoms with Gasteiger partial charge in [-0.25, -0.2) is 0 Å². The normalized spacial score (nSPS) is 17.9. The van der Waals surface area contributed by atoms with E-state index < -0.39 is 0 Å². The molecule has 1 fully saturated rings. The molecule has 1 N–H and O–H groups in total. The van der Waals surface area contributed by atoms with Crippen LogP contribution in [0.2, 0.25) is 0 Å². The Morgan fingerprint density at radius 3 is 2.67 bits per heavy atom. The molecule has 4 nitrogen and oxygen atoms in total. The maximum absolute atomic E-state index is 11.6. The largest absolute Gasteiger partial charge is 0.465 e. The van der Waals surface area contributed by atoms with Gasteiger partial charge in [-0.3, -0.25) is 4.79 Å². The van der Waals surface area contributed by atoms with Crippen molar-refractivity contribution in [3.05, 3.63) is 0 Å². The van der Waals surface area contributed by atoms with Crippen molar-refractivity contribution >= 4 is 5.97 Å². The van der Waals surface area contributed by atoms with Gasteiger partial charge >= 0.3 is 5.97 Å². The summed E-state index contributed by atoms with van der Waals surface area (Å²) in [4.78, 5) is 11.6. The molecule has 0 amide bonds. The van der Waals surface area contributed by atoms with Crippen LogP contribution in [0.5, 0.6) is 0 Å². The van der Waals surface area contributed by atoms with Crippen molar-refractivity contribution in [3.63, 3.8) is 0 Å². The van der Waals surface area contributed by atoms with E-state index in [0.717, 1.165) is 19.1 Å². The first-order valence-corrected chi connectivity index (χ1v) is 7.25. The van der Waals surface area contributed by atoms with Gasteiger partial charge in [0.15, 0.2) is 0 Å². The molecule has 0 aromatic heterocycles. The van der Waals surface area contributed by atoms with Gasteiger partial charge in [-0.1, -0.05) is 19.8 Å². The van der Waals surface area contributed by atoms with Crippen LogP contribution in [0.4, 0.5) is 0 Å². The quantitative estimate of drug-likeness (QED) is 0.508. The second-order valence-electron chi connectivity index (χ2n) is 4.88. The van der Waals surface area contributed by atoms with E-state index >= 15 is 0 Å². The number of ether oxygens (including phenoxy) is 2. The number of nitrogens with one attached hydrogen (secondary N) is 1. The number of carbonyl (C=O) groups is 1. The summed E-state index contributed by atoms with van der Waals surface area (Å²) in [5, 5.41) is 3.14. The lowest BCUT2D eigenvalue weighted by Crippen LogP contribution is -2.39. The van der Waals surface area contributed by atoms with E-state index in [1.807, 2.05) is 13.8 Å². The molecular weight excluding hydrogens is 230 g/mol. The summed E-state index contributed by atoms with van der Waals surface area (Å²) >= 11 is 0. The zero-order chi connectivity index (χ0) is 13.2. The van der Waals surface area contributed by atoms with Gasteiger partial charge in [-0.05, 0) is 38.6 Å². The predicted molar refractivity (Wildman–Crippen MR) is 71.5 cm³/mol. The zero-order valence-corrected chi connectivity index (χ0v) is 11.7. The van der Waals surface area contributed by atoms with Gasteiger partial charge in [-0.15, -0.1) is 0 Å². The smallest absolute Gasteiger partial charge is 0.323 e. The summed E-state index contributed by atoms with van der Waals surface area (Å²) in [6.07, 6.45) is 5.98. The van der Waals surface area contributed by atoms with E-state index in [2.05, 4.69) is 5.32 Å². The number of hydrogen-bond donors (Lipinski definition) is 1. The molecule has 0 bridgehead atoms. The maximum atomic E-state index is 11.6. The third-order valence-electron chi connectivity index (χ3n) is 3.40. The highest BCUT2D eigenvalue weighted by atomic mass is 16.5. The van der Waals surface area contributed by atoms with Crippen LogP contribution in [-0.2, 0) is 14.3 Å². The number of rotatable bonds is 9. The van der Waals surface area contributed by atoms with Crippen LogP contribution >= 0.6 is 0 Å². The van der Waals surface area contributed by atoms with Gasteiger partial charge in [0.2, 0.25) is 0 Å². The van der Waals surface area contributed by atoms with Crippen molar-refractivity contribution in [2.24, 2.45) is 5.92 Å². The molecule has 0 saturated heterocycles. The Hall–Kier alpha value is -0.610. The molecule has 4 heteroatoms. The van der Waals surface area contributed by atoms with Gasteiger partial charge in [-0.2, -0.15) is 0 Å². The predicted octanol–water partition coefficient (Wildman–Crippen LogP) is 2.12. The minimum absolute atomic E-state index is 0.163. The van der Waals surface area contributed by atoms with Gasteiger partial charge in [0.1, 0.15) is 6.04 Å². The lowest BCUT2D eigenvalue weighted by atomic mass is 10.1. The number of esters is 1. The highest BCUT2D eigenvalue weighted by Crippen LogP contribution is 2.24. The second kappa shape index (κ2) is 9.34. The first-order chi connectivity index (χ1) is 8.77. The number of hydrogen-bond acceptors (Lipinski definition) is 4. The molecule has 0 aromatic carbocycles. The Morgan fingerprint density at radius 1 is 1.33 bits per heavy atom. The lowest BCUT2D eigenvalue weighted by Gasteiger charge is -2.17. The molecular formula is C14H27NO3. The van der Waals surface area contributed by atoms with E-state index in [-0.39, 0.29) is 12.0 Å². The Labute approximate surface area is 110 Å². The van der Waals surface area contributed by atoms with E-state index in [1.54, 1.807) is 0 Å². The molecule has 1 unspecified atom stereocenters. The first kappa shape index (κ1) is 15.4. The third-order valence-corrected chi connectivity index (χ3v) is 3.40. The highest BCUT2D eigenvalue weighted by Gasteiger charge is 2.19. The summed E-state index contributed by atoms with van der Waals surface area (Å²) in [6, 6.07) is -0.224. The molecule has 0 spiro atoms. The summed E-state index contributed by atoms with van der Waals surface area (Å²) in [5.41, 5.74) is 0. The van der Waals surface area contributed by atoms with Crippen molar-refractivity contribution in [2.45, 2.75) is 52.0 Å². The molecule has 1 atom stereocenters. The van der Waals surface area contributed by atoms with Crippen LogP contribution in [0.3, 0.4) is 0 Å². The highest BCUT2D eigenvalue weighted by molar-refractivity contribution is 5.75. The van der Waals surface area contributed by atoms with Crippen molar-refractivity contribution < 1.29 is 14.3 Å². The summed E-state index contributed by atoms with van der Waals surface area (Å²) < 4.78 is 10.7. The molecule has 1 saturated carbocycles. The van der Waals surface area contributed by atoms with Crippen molar-refractivity contribution in [3.8, 4) is 0 Å². The van der Waals surface area contributed by atoms with Crippen LogP contribution in [-0.4, -0.2) is 38.4 Å². The van der Waals surface area contributed by atoms with E-state index in [4.69, 9.17) is 9.47 Å². The summed E-state index contributed by atoms with van der Waals surface area (Å²) in [6.45, 7) is 6.51. The van der Waals surface area contributed by atoms with Crippen LogP contribution in [0.1, 0.15) is 46.0 Å². The van der Waals surface area contributed by atoms with Crippen molar-refractivity contribution in [1.82, 2.24) is 5.32 Å². The fourth-order valence-corrected chi connectivity index (χ4v) is 2.42. The number of likely N-dealkylation sites (N-methyl/N-ethyl adjacent to an activating group) is 1. The fraction of sp³-hybridized carbons (Fsp3) is 0.929. The average molecular weight is 257 g/mol. The van der Waals surface area contributed by atoms with Crippen LogP contribution < -0.4 is 5.32 Å². The van der Waals surface area contributed by atoms with Gasteiger partial charge in [0, 0.05) is 13.2 Å². The molecule has 1 aliphatic carbocycles. The average Bonchev–Trinajstić information content (AvgIpc) is 2.86. The molecule has 0 aliphatic heterocycles. The Bertz CT molecular complexity index is 227. The van der Waals surface area contributed by atoms with Gasteiger partial charge in [0.05, 0.1) is 6.61 Å². The van der Waals surface area contributed by atoms with E-state index in [0.29, 0.717) is 19.6 Å². The molecule has 0 heterocycles. The minimum atomic E-state index is -0.224. The topological polar surface area (TPSA) is 47.6 Å². The molecule has 1 aliphatic rings. The molecule has 0 radical (unpaired) electrons. The van der Waals surface area contributed by atoms with Crippen molar-refractivity contribution in [2.75, 3.05) is 26.4 Å². The second-order valence-corrected chi connectivity index (χ2v) is 4.88. The fourth-order valence-electron chi connectivity index (χ4n) is 2.42. The van der Waals surface area contributed by atoms with Gasteiger partial charge in [0.25, 0.3) is 0 Å². The minimum Gasteiger partial charge on any atom is -0.465 e. The molecule has 1 rings (SSSR count). The Kier molecular flexibility index (Phi) is 8.01. The standard InChI is InChI=1S/C14H27NO3/c1-3-15-13(14(16)18-4-2)9-10-17-11-12-7-5-6-8-12/h12-13,15H,3-11H2,1-2H3. The van der Waals surface area contributed by atoms with Crippen LogP contribution in [0.15, 0.2) is 0 Å². The van der Waals surface area contributed by atoms with E-state index in [9.17, 15) is 4.79 Å². The first-order valence-electron chi connectivity index (χ1n) is 7.25. The number of carbonyl (C=O) groups excluding carboxylic acids is 1. The molecule has 106 valence electrons. The summed E-state index contributed by atoms with van der Waals surface area (Å²) in [5.74, 6) is 0.578. The van der Waals surface area contributed by atoms with Crippen LogP contribution in [0.25, 0.3) is 0 Å². The van der Waals surface area contributed by atoms with Gasteiger partial charge < -0.3 is 14.8 Å². The monoisotopic (exact) mass is 257 g/mol. The molecule has 18 heavy (non-hydrogen) atoms. The lowest BCUT2D eigenvalue weighted by molar-refractivity contribution is -0.146. The zero-order valence-electron chi connectivity index (χ0n) is 11.7. The molecule has 0 aromatic rings. The Balaban J connectivity index is 2.13. The third kappa shape index (κ3) is 5.83. The summed E-state index contributed by atoms with van der Waals surface area (Å²) in [7, 11) is 0. The van der Waals surface area contributed by atoms with E-state index in [1.165, 1.54) is 25.7 Å². The Morgan fingerprint density at radius 2 is 2.06 bits per heavy atom. The van der Waals surface area contributed by atoms with Crippen molar-refractivity contribution in [1.29, 1.82) is 0 Å².